The average Bonchev–Trinajstić information content (AvgIpc) is 2.40. The van der Waals surface area contributed by atoms with Crippen LogP contribution in [0.5, 0.6) is 0 Å². The molecule has 2 unspecified atom stereocenters. The van der Waals surface area contributed by atoms with Crippen molar-refractivity contribution in [2.24, 2.45) is 5.73 Å². The van der Waals surface area contributed by atoms with E-state index in [1.54, 1.807) is 12.1 Å². The number of nitrogens with zero attached hydrogens (tertiary/aromatic N) is 1. The van der Waals surface area contributed by atoms with E-state index in [1.165, 1.54) is 0 Å². The lowest BCUT2D eigenvalue weighted by Gasteiger charge is -2.36. The summed E-state index contributed by atoms with van der Waals surface area (Å²) in [6, 6.07) is 5.08. The fourth-order valence-electron chi connectivity index (χ4n) is 2.44. The highest BCUT2D eigenvalue weighted by Crippen LogP contribution is 2.21. The second-order valence-corrected chi connectivity index (χ2v) is 5.52. The molecule has 1 aromatic rings. The zero-order chi connectivity index (χ0) is 14.7. The van der Waals surface area contributed by atoms with Crippen molar-refractivity contribution < 1.29 is 14.6 Å². The summed E-state index contributed by atoms with van der Waals surface area (Å²) < 4.78 is 5.60. The number of benzene rings is 1. The van der Waals surface area contributed by atoms with Crippen LogP contribution in [0.1, 0.15) is 22.8 Å². The lowest BCUT2D eigenvalue weighted by molar-refractivity contribution is -0.0972. The van der Waals surface area contributed by atoms with Gasteiger partial charge in [0.1, 0.15) is 0 Å². The van der Waals surface area contributed by atoms with Crippen molar-refractivity contribution in [3.05, 3.63) is 34.3 Å². The van der Waals surface area contributed by atoms with E-state index in [0.29, 0.717) is 23.7 Å². The minimum atomic E-state index is -0.487. The van der Waals surface area contributed by atoms with Crippen LogP contribution in [0.2, 0.25) is 5.02 Å². The van der Waals surface area contributed by atoms with Crippen molar-refractivity contribution in [3.8, 4) is 0 Å². The molecule has 110 valence electrons. The van der Waals surface area contributed by atoms with Gasteiger partial charge in [0.15, 0.2) is 0 Å². The maximum atomic E-state index is 11.1. The number of morpholine rings is 1. The topological polar surface area (TPSA) is 75.8 Å². The van der Waals surface area contributed by atoms with Gasteiger partial charge in [-0.05, 0) is 24.6 Å². The number of carbonyl (C=O) groups excluding carboxylic acids is 1. The van der Waals surface area contributed by atoms with Crippen molar-refractivity contribution in [1.82, 2.24) is 4.90 Å². The highest BCUT2D eigenvalue weighted by Gasteiger charge is 2.25. The molecular weight excluding hydrogens is 280 g/mol. The summed E-state index contributed by atoms with van der Waals surface area (Å²) in [6.45, 7) is 4.09. The lowest BCUT2D eigenvalue weighted by atomic mass is 10.1. The predicted molar refractivity (Wildman–Crippen MR) is 76.7 cm³/mol. The predicted octanol–water partition coefficient (Wildman–Crippen LogP) is 1.02. The molecule has 1 aliphatic heterocycles. The largest absolute Gasteiger partial charge is 0.394 e. The molecule has 0 radical (unpaired) electrons. The third-order valence-electron chi connectivity index (χ3n) is 3.34. The molecular formula is C14H19ClN2O3. The normalized spacial score (nSPS) is 23.8. The van der Waals surface area contributed by atoms with Gasteiger partial charge in [-0.1, -0.05) is 17.7 Å². The molecule has 1 amide bonds. The molecule has 0 bridgehead atoms. The Morgan fingerprint density at radius 1 is 1.55 bits per heavy atom. The summed E-state index contributed by atoms with van der Waals surface area (Å²) >= 11 is 6.18. The van der Waals surface area contributed by atoms with Crippen LogP contribution >= 0.6 is 11.6 Å². The number of carbonyl (C=O) groups is 1. The number of aliphatic hydroxyl groups is 1. The molecule has 0 aliphatic carbocycles. The summed E-state index contributed by atoms with van der Waals surface area (Å²) in [5, 5.41) is 9.74. The van der Waals surface area contributed by atoms with E-state index in [-0.39, 0.29) is 18.8 Å². The number of hydrogen-bond donors (Lipinski definition) is 2. The minimum absolute atomic E-state index is 0.00911. The van der Waals surface area contributed by atoms with Crippen molar-refractivity contribution in [2.75, 3.05) is 19.7 Å². The van der Waals surface area contributed by atoms with E-state index in [4.69, 9.17) is 22.1 Å². The van der Waals surface area contributed by atoms with Crippen LogP contribution in [-0.2, 0) is 11.3 Å². The first kappa shape index (κ1) is 15.3. The maximum absolute atomic E-state index is 11.1. The van der Waals surface area contributed by atoms with Gasteiger partial charge in [-0.3, -0.25) is 9.69 Å². The third kappa shape index (κ3) is 3.70. The number of ether oxygens (including phenoxy) is 1. The first-order valence-corrected chi connectivity index (χ1v) is 6.94. The first-order chi connectivity index (χ1) is 9.49. The van der Waals surface area contributed by atoms with Crippen LogP contribution in [0.4, 0.5) is 0 Å². The second-order valence-electron chi connectivity index (χ2n) is 5.12. The molecule has 2 atom stereocenters. The van der Waals surface area contributed by atoms with Gasteiger partial charge >= 0.3 is 0 Å². The Labute approximate surface area is 123 Å². The molecule has 2 rings (SSSR count). The van der Waals surface area contributed by atoms with E-state index < -0.39 is 5.91 Å². The molecule has 5 nitrogen and oxygen atoms in total. The fraction of sp³-hybridized carbons (Fsp3) is 0.500. The van der Waals surface area contributed by atoms with E-state index in [0.717, 1.165) is 12.1 Å². The molecule has 3 N–H and O–H groups in total. The van der Waals surface area contributed by atoms with E-state index in [9.17, 15) is 9.90 Å². The number of rotatable bonds is 4. The Bertz CT molecular complexity index is 495. The standard InChI is InChI=1S/C14H19ClN2O3/c1-9-5-17(7-12(8-18)20-9)6-11-3-2-10(14(16)19)4-13(11)15/h2-4,9,12,18H,5-8H2,1H3,(H2,16,19). The smallest absolute Gasteiger partial charge is 0.248 e. The molecule has 1 saturated heterocycles. The molecule has 6 heteroatoms. The van der Waals surface area contributed by atoms with Gasteiger partial charge in [0.05, 0.1) is 18.8 Å². The molecule has 1 aromatic carbocycles. The van der Waals surface area contributed by atoms with Crippen LogP contribution in [0, 0.1) is 0 Å². The van der Waals surface area contributed by atoms with Crippen molar-refractivity contribution >= 4 is 17.5 Å². The Kier molecular flexibility index (Phi) is 4.99. The van der Waals surface area contributed by atoms with Crippen molar-refractivity contribution in [3.63, 3.8) is 0 Å². The molecule has 1 heterocycles. The van der Waals surface area contributed by atoms with Gasteiger partial charge < -0.3 is 15.6 Å². The first-order valence-electron chi connectivity index (χ1n) is 6.56. The van der Waals surface area contributed by atoms with E-state index in [1.807, 2.05) is 13.0 Å². The zero-order valence-corrected chi connectivity index (χ0v) is 12.1. The lowest BCUT2D eigenvalue weighted by Crippen LogP contribution is -2.47. The van der Waals surface area contributed by atoms with Crippen LogP contribution in [0.25, 0.3) is 0 Å². The number of hydrogen-bond acceptors (Lipinski definition) is 4. The zero-order valence-electron chi connectivity index (χ0n) is 11.4. The van der Waals surface area contributed by atoms with Crippen LogP contribution < -0.4 is 5.73 Å². The molecule has 0 spiro atoms. The molecule has 0 aromatic heterocycles. The second kappa shape index (κ2) is 6.54. The molecule has 0 saturated carbocycles. The Hall–Kier alpha value is -1.14. The monoisotopic (exact) mass is 298 g/mol. The van der Waals surface area contributed by atoms with Gasteiger partial charge in [-0.25, -0.2) is 0 Å². The number of amides is 1. The summed E-state index contributed by atoms with van der Waals surface area (Å²) in [6.07, 6.45) is -0.0908. The van der Waals surface area contributed by atoms with Gasteiger partial charge in [-0.15, -0.1) is 0 Å². The molecule has 1 fully saturated rings. The number of halogens is 1. The summed E-state index contributed by atoms with van der Waals surface area (Å²) in [4.78, 5) is 13.3. The molecule has 20 heavy (non-hydrogen) atoms. The third-order valence-corrected chi connectivity index (χ3v) is 3.69. The fourth-order valence-corrected chi connectivity index (χ4v) is 2.68. The minimum Gasteiger partial charge on any atom is -0.394 e. The SMILES string of the molecule is CC1CN(Cc2ccc(C(N)=O)cc2Cl)CC(CO)O1. The van der Waals surface area contributed by atoms with Crippen LogP contribution in [0.3, 0.4) is 0 Å². The number of primary amides is 1. The van der Waals surface area contributed by atoms with Crippen LogP contribution in [-0.4, -0.2) is 47.8 Å². The van der Waals surface area contributed by atoms with Crippen LogP contribution in [0.15, 0.2) is 18.2 Å². The summed E-state index contributed by atoms with van der Waals surface area (Å²) in [5.74, 6) is -0.487. The Morgan fingerprint density at radius 2 is 2.30 bits per heavy atom. The Morgan fingerprint density at radius 3 is 2.90 bits per heavy atom. The van der Waals surface area contributed by atoms with Crippen molar-refractivity contribution in [2.45, 2.75) is 25.7 Å². The van der Waals surface area contributed by atoms with Crippen molar-refractivity contribution in [1.29, 1.82) is 0 Å². The average molecular weight is 299 g/mol. The van der Waals surface area contributed by atoms with Gasteiger partial charge in [0.25, 0.3) is 0 Å². The quantitative estimate of drug-likeness (QED) is 0.870. The molecule has 1 aliphatic rings. The highest BCUT2D eigenvalue weighted by atomic mass is 35.5. The van der Waals surface area contributed by atoms with E-state index in [2.05, 4.69) is 4.90 Å². The maximum Gasteiger partial charge on any atom is 0.248 e. The summed E-state index contributed by atoms with van der Waals surface area (Å²) in [7, 11) is 0. The van der Waals surface area contributed by atoms with Gasteiger partial charge in [-0.2, -0.15) is 0 Å². The van der Waals surface area contributed by atoms with E-state index >= 15 is 0 Å². The number of aliphatic hydroxyl groups excluding tert-OH is 1. The number of nitrogens with two attached hydrogens (primary N) is 1. The van der Waals surface area contributed by atoms with Gasteiger partial charge in [0.2, 0.25) is 5.91 Å². The Balaban J connectivity index is 2.07. The highest BCUT2D eigenvalue weighted by molar-refractivity contribution is 6.31. The summed E-state index contributed by atoms with van der Waals surface area (Å²) in [5.41, 5.74) is 6.56. The van der Waals surface area contributed by atoms with Gasteiger partial charge in [0, 0.05) is 30.2 Å².